The number of nitriles is 1. The molecule has 0 fully saturated rings. The molecule has 0 aromatic heterocycles. The predicted octanol–water partition coefficient (Wildman–Crippen LogP) is 6.42. The van der Waals surface area contributed by atoms with Crippen molar-refractivity contribution in [2.75, 3.05) is 17.1 Å². The van der Waals surface area contributed by atoms with E-state index in [4.69, 9.17) is 9.47 Å². The van der Waals surface area contributed by atoms with Crippen LogP contribution in [0.4, 0.5) is 11.4 Å². The minimum atomic E-state index is -4.08. The molecule has 9 nitrogen and oxygen atoms in total. The van der Waals surface area contributed by atoms with Gasteiger partial charge in [-0.15, -0.1) is 0 Å². The summed E-state index contributed by atoms with van der Waals surface area (Å²) in [5.41, 5.74) is 3.19. The van der Waals surface area contributed by atoms with Gasteiger partial charge in [0.2, 0.25) is 5.91 Å². The minimum absolute atomic E-state index is 0.0497. The molecule has 0 heterocycles. The number of hydrogen-bond donors (Lipinski definition) is 3. The average molecular weight is 633 g/mol. The van der Waals surface area contributed by atoms with Crippen molar-refractivity contribution >= 4 is 27.3 Å². The van der Waals surface area contributed by atoms with Gasteiger partial charge in [0.15, 0.2) is 11.5 Å². The van der Waals surface area contributed by atoms with Crippen LogP contribution in [-0.2, 0) is 28.0 Å². The number of benzene rings is 5. The lowest BCUT2D eigenvalue weighted by molar-refractivity contribution is -0.122. The molecule has 232 valence electrons. The minimum Gasteiger partial charge on any atom is -0.493 e. The van der Waals surface area contributed by atoms with Gasteiger partial charge in [0, 0.05) is 23.9 Å². The molecule has 3 N–H and O–H groups in total. The van der Waals surface area contributed by atoms with Crippen molar-refractivity contribution in [3.05, 3.63) is 150 Å². The highest BCUT2D eigenvalue weighted by Gasteiger charge is 2.28. The number of amides is 1. The Kier molecular flexibility index (Phi) is 10.2. The van der Waals surface area contributed by atoms with Gasteiger partial charge in [0.25, 0.3) is 10.0 Å². The molecule has 0 radical (unpaired) electrons. The van der Waals surface area contributed by atoms with Crippen LogP contribution >= 0.6 is 0 Å². The summed E-state index contributed by atoms with van der Waals surface area (Å²) in [6.07, 6.45) is 0. The highest BCUT2D eigenvalue weighted by molar-refractivity contribution is 7.92. The summed E-state index contributed by atoms with van der Waals surface area (Å²) in [7, 11) is -2.60. The van der Waals surface area contributed by atoms with Gasteiger partial charge >= 0.3 is 0 Å². The lowest BCUT2D eigenvalue weighted by Gasteiger charge is -2.25. The molecule has 0 saturated carbocycles. The Labute approximate surface area is 268 Å². The van der Waals surface area contributed by atoms with E-state index in [9.17, 15) is 18.5 Å². The smallest absolute Gasteiger partial charge is 0.261 e. The average Bonchev–Trinajstić information content (AvgIpc) is 3.10. The molecule has 5 rings (SSSR count). The Morgan fingerprint density at radius 1 is 0.804 bits per heavy atom. The number of nitrogens with one attached hydrogen (secondary N) is 3. The molecular weight excluding hydrogens is 600 g/mol. The summed E-state index contributed by atoms with van der Waals surface area (Å²) in [4.78, 5) is 14.0. The molecule has 46 heavy (non-hydrogen) atoms. The SMILES string of the molecule is COc1cc(C(Nc2ccc(C#N)cc2)C(=O)NCc2ccccc2)c(NS(=O)(=O)c2ccccc2)cc1OCc1ccccc1. The molecule has 0 aliphatic heterocycles. The summed E-state index contributed by atoms with van der Waals surface area (Å²) in [5, 5.41) is 15.5. The van der Waals surface area contributed by atoms with Crippen LogP contribution in [-0.4, -0.2) is 21.4 Å². The molecule has 0 spiro atoms. The maximum atomic E-state index is 14.0. The fourth-order valence-electron chi connectivity index (χ4n) is 4.69. The van der Waals surface area contributed by atoms with Crippen LogP contribution in [0.5, 0.6) is 11.5 Å². The zero-order valence-corrected chi connectivity index (χ0v) is 25.8. The van der Waals surface area contributed by atoms with Crippen molar-refractivity contribution < 1.29 is 22.7 Å². The summed E-state index contributed by atoms with van der Waals surface area (Å²) < 4.78 is 41.7. The second kappa shape index (κ2) is 14.8. The number of nitrogens with zero attached hydrogens (tertiary/aromatic N) is 1. The quantitative estimate of drug-likeness (QED) is 0.137. The van der Waals surface area contributed by atoms with Gasteiger partial charge in [-0.3, -0.25) is 9.52 Å². The third-order valence-corrected chi connectivity index (χ3v) is 8.46. The highest BCUT2D eigenvalue weighted by Crippen LogP contribution is 2.39. The second-order valence-corrected chi connectivity index (χ2v) is 11.9. The van der Waals surface area contributed by atoms with Crippen LogP contribution < -0.4 is 24.8 Å². The van der Waals surface area contributed by atoms with E-state index in [0.717, 1.165) is 11.1 Å². The number of anilines is 2. The second-order valence-electron chi connectivity index (χ2n) is 10.3. The lowest BCUT2D eigenvalue weighted by atomic mass is 10.0. The van der Waals surface area contributed by atoms with Crippen LogP contribution in [0.15, 0.2) is 132 Å². The highest BCUT2D eigenvalue weighted by atomic mass is 32.2. The van der Waals surface area contributed by atoms with Gasteiger partial charge in [-0.1, -0.05) is 78.9 Å². The number of carbonyl (C=O) groups excluding carboxylic acids is 1. The van der Waals surface area contributed by atoms with Crippen molar-refractivity contribution in [3.8, 4) is 17.6 Å². The topological polar surface area (TPSA) is 130 Å². The Hall–Kier alpha value is -5.79. The molecule has 0 saturated heterocycles. The summed E-state index contributed by atoms with van der Waals surface area (Å²) in [6, 6.07) is 37.6. The van der Waals surface area contributed by atoms with E-state index in [1.165, 1.54) is 25.3 Å². The van der Waals surface area contributed by atoms with E-state index in [1.807, 2.05) is 60.7 Å². The summed E-state index contributed by atoms with van der Waals surface area (Å²) in [6.45, 7) is 0.442. The van der Waals surface area contributed by atoms with E-state index in [2.05, 4.69) is 21.4 Å². The molecular formula is C36H32N4O5S. The molecule has 0 aliphatic carbocycles. The first-order valence-electron chi connectivity index (χ1n) is 14.4. The number of sulfonamides is 1. The van der Waals surface area contributed by atoms with Gasteiger partial charge in [-0.2, -0.15) is 5.26 Å². The van der Waals surface area contributed by atoms with Crippen molar-refractivity contribution in [1.29, 1.82) is 5.26 Å². The van der Waals surface area contributed by atoms with Crippen LogP contribution in [0.1, 0.15) is 28.3 Å². The van der Waals surface area contributed by atoms with Gasteiger partial charge in [0.05, 0.1) is 29.3 Å². The lowest BCUT2D eigenvalue weighted by Crippen LogP contribution is -2.34. The Morgan fingerprint density at radius 2 is 1.41 bits per heavy atom. The summed E-state index contributed by atoms with van der Waals surface area (Å²) >= 11 is 0. The van der Waals surface area contributed by atoms with Crippen molar-refractivity contribution in [2.45, 2.75) is 24.1 Å². The van der Waals surface area contributed by atoms with Gasteiger partial charge < -0.3 is 20.1 Å². The molecule has 0 bridgehead atoms. The first-order valence-corrected chi connectivity index (χ1v) is 15.9. The summed E-state index contributed by atoms with van der Waals surface area (Å²) in [5.74, 6) is 0.159. The maximum absolute atomic E-state index is 14.0. The van der Waals surface area contributed by atoms with Crippen molar-refractivity contribution in [2.24, 2.45) is 0 Å². The standard InChI is InChI=1S/C36H32N4O5S/c1-44-33-21-31(35(39-29-19-17-26(23-37)18-20-29)36(41)38-24-27-11-5-2-6-12-27)32(40-46(42,43)30-15-9-4-10-16-30)22-34(33)45-25-28-13-7-3-8-14-28/h2-22,35,39-40H,24-25H2,1H3,(H,38,41). The van der Waals surface area contributed by atoms with Crippen LogP contribution in [0.3, 0.4) is 0 Å². The third-order valence-electron chi connectivity index (χ3n) is 7.08. The Morgan fingerprint density at radius 3 is 2.02 bits per heavy atom. The van der Waals surface area contributed by atoms with Crippen molar-refractivity contribution in [1.82, 2.24) is 5.32 Å². The number of carbonyl (C=O) groups is 1. The molecule has 1 amide bonds. The zero-order chi connectivity index (χ0) is 32.4. The van der Waals surface area contributed by atoms with Crippen molar-refractivity contribution in [3.63, 3.8) is 0 Å². The molecule has 5 aromatic rings. The predicted molar refractivity (Wildman–Crippen MR) is 177 cm³/mol. The van der Waals surface area contributed by atoms with E-state index >= 15 is 0 Å². The first-order chi connectivity index (χ1) is 22.4. The molecule has 5 aromatic carbocycles. The van der Waals surface area contributed by atoms with Crippen LogP contribution in [0.25, 0.3) is 0 Å². The van der Waals surface area contributed by atoms with Crippen LogP contribution in [0, 0.1) is 11.3 Å². The van der Waals surface area contributed by atoms with E-state index < -0.39 is 22.0 Å². The molecule has 1 unspecified atom stereocenters. The molecule has 10 heteroatoms. The monoisotopic (exact) mass is 632 g/mol. The molecule has 0 aliphatic rings. The number of rotatable bonds is 13. The normalized spacial score (nSPS) is 11.5. The third kappa shape index (κ3) is 8.02. The Bertz CT molecular complexity index is 1910. The maximum Gasteiger partial charge on any atom is 0.261 e. The Balaban J connectivity index is 1.58. The fraction of sp³-hybridized carbons (Fsp3) is 0.111. The largest absolute Gasteiger partial charge is 0.493 e. The van der Waals surface area contributed by atoms with Crippen LogP contribution in [0.2, 0.25) is 0 Å². The van der Waals surface area contributed by atoms with Gasteiger partial charge in [-0.05, 0) is 53.6 Å². The van der Waals surface area contributed by atoms with E-state index in [1.54, 1.807) is 48.5 Å². The van der Waals surface area contributed by atoms with Gasteiger partial charge in [0.1, 0.15) is 12.6 Å². The number of ether oxygens (including phenoxy) is 2. The fourth-order valence-corrected chi connectivity index (χ4v) is 5.79. The van der Waals surface area contributed by atoms with Gasteiger partial charge in [-0.25, -0.2) is 8.42 Å². The molecule has 1 atom stereocenters. The van der Waals surface area contributed by atoms with E-state index in [0.29, 0.717) is 22.6 Å². The number of hydrogen-bond acceptors (Lipinski definition) is 7. The zero-order valence-electron chi connectivity index (χ0n) is 25.0. The first kappa shape index (κ1) is 31.6. The van der Waals surface area contributed by atoms with E-state index in [-0.39, 0.29) is 29.5 Å². The number of methoxy groups -OCH3 is 1.